The van der Waals surface area contributed by atoms with Gasteiger partial charge in [0.2, 0.25) is 0 Å². The van der Waals surface area contributed by atoms with Crippen molar-refractivity contribution in [2.45, 2.75) is 95.3 Å². The Hall–Kier alpha value is -3.58. The minimum atomic E-state index is -5.03. The quantitative estimate of drug-likeness (QED) is 0.282. The van der Waals surface area contributed by atoms with E-state index in [4.69, 9.17) is 19.8 Å². The molecule has 2 aromatic rings. The first-order valence-electron chi connectivity index (χ1n) is 15.2. The molecule has 2 atom stereocenters. The summed E-state index contributed by atoms with van der Waals surface area (Å²) in [5, 5.41) is 9.11. The number of ether oxygens (including phenoxy) is 1. The lowest BCUT2D eigenvalue weighted by Crippen LogP contribution is -2.34. The molecule has 2 aliphatic carbocycles. The van der Waals surface area contributed by atoms with Gasteiger partial charge in [0, 0.05) is 25.9 Å². The molecule has 2 saturated carbocycles. The molecule has 1 N–H and O–H groups in total. The van der Waals surface area contributed by atoms with Crippen molar-refractivity contribution in [3.63, 3.8) is 0 Å². The second-order valence-electron chi connectivity index (χ2n) is 12.6. The summed E-state index contributed by atoms with van der Waals surface area (Å²) in [4.78, 5) is 37.0. The van der Waals surface area contributed by atoms with E-state index in [9.17, 15) is 35.9 Å². The minimum absolute atomic E-state index is 0.0466. The van der Waals surface area contributed by atoms with Crippen molar-refractivity contribution >= 4 is 17.9 Å². The number of anilines is 1. The van der Waals surface area contributed by atoms with E-state index >= 15 is 0 Å². The van der Waals surface area contributed by atoms with E-state index in [2.05, 4.69) is 0 Å². The van der Waals surface area contributed by atoms with Crippen molar-refractivity contribution in [3.8, 4) is 0 Å². The van der Waals surface area contributed by atoms with Gasteiger partial charge in [-0.15, -0.1) is 0 Å². The number of hydrogen-bond donors (Lipinski definition) is 1. The molecule has 3 aliphatic rings. The lowest BCUT2D eigenvalue weighted by Gasteiger charge is -2.32. The van der Waals surface area contributed by atoms with Gasteiger partial charge in [0.25, 0.3) is 0 Å². The smallest absolute Gasteiger partial charge is 0.416 e. The molecule has 1 aromatic heterocycles. The molecule has 0 bridgehead atoms. The molecule has 1 amide bonds. The summed E-state index contributed by atoms with van der Waals surface area (Å²) >= 11 is 0. The first-order chi connectivity index (χ1) is 21.1. The molecule has 3 fully saturated rings. The first kappa shape index (κ1) is 32.8. The highest BCUT2D eigenvalue weighted by Crippen LogP contribution is 2.42. The maximum atomic E-state index is 13.5. The molecule has 14 heteroatoms. The van der Waals surface area contributed by atoms with Crippen LogP contribution in [0.5, 0.6) is 0 Å². The van der Waals surface area contributed by atoms with Crippen molar-refractivity contribution in [2.24, 2.45) is 11.8 Å². The SMILES string of the molecule is C[C@H]1C(c2cc(C(F)(F)F)cc(C(F)(F)F)c2)OC(=O)N1Cc1nc(C2CCC2)cnc1N(C)CC1CCC(CC(=O)O)CC1. The maximum Gasteiger partial charge on any atom is 0.416 e. The number of cyclic esters (lactones) is 1. The van der Waals surface area contributed by atoms with Gasteiger partial charge in [0.05, 0.1) is 35.6 Å². The van der Waals surface area contributed by atoms with Crippen molar-refractivity contribution in [1.29, 1.82) is 0 Å². The van der Waals surface area contributed by atoms with E-state index in [0.29, 0.717) is 36.1 Å². The van der Waals surface area contributed by atoms with Gasteiger partial charge in [-0.25, -0.2) is 9.78 Å². The Bertz CT molecular complexity index is 1370. The van der Waals surface area contributed by atoms with Gasteiger partial charge in [-0.2, -0.15) is 26.3 Å². The van der Waals surface area contributed by atoms with Gasteiger partial charge in [0.1, 0.15) is 11.8 Å². The zero-order valence-corrected chi connectivity index (χ0v) is 25.0. The number of alkyl halides is 6. The van der Waals surface area contributed by atoms with Crippen LogP contribution in [0.15, 0.2) is 24.4 Å². The molecular weight excluding hydrogens is 606 g/mol. The Morgan fingerprint density at radius 1 is 1.00 bits per heavy atom. The number of amides is 1. The van der Waals surface area contributed by atoms with Gasteiger partial charge in [-0.05, 0) is 81.0 Å². The van der Waals surface area contributed by atoms with Crippen LogP contribution in [0.1, 0.15) is 98.4 Å². The molecule has 0 radical (unpaired) electrons. The third kappa shape index (κ3) is 7.46. The number of aromatic nitrogens is 2. The number of aliphatic carboxylic acids is 1. The summed E-state index contributed by atoms with van der Waals surface area (Å²) in [5.74, 6) is 0.396. The molecule has 8 nitrogen and oxygen atoms in total. The topological polar surface area (TPSA) is 95.9 Å². The van der Waals surface area contributed by atoms with Gasteiger partial charge >= 0.3 is 24.4 Å². The van der Waals surface area contributed by atoms with Crippen molar-refractivity contribution < 1.29 is 45.8 Å². The lowest BCUT2D eigenvalue weighted by atomic mass is 9.80. The number of rotatable bonds is 9. The number of hydrogen-bond acceptors (Lipinski definition) is 6. The third-order valence-corrected chi connectivity index (χ3v) is 9.34. The Kier molecular flexibility index (Phi) is 9.23. The monoisotopic (exact) mass is 642 g/mol. The van der Waals surface area contributed by atoms with Gasteiger partial charge in [0.15, 0.2) is 5.82 Å². The minimum Gasteiger partial charge on any atom is -0.481 e. The fraction of sp³-hybridized carbons (Fsp3) is 0.613. The summed E-state index contributed by atoms with van der Waals surface area (Å²) in [7, 11) is 1.86. The Morgan fingerprint density at radius 3 is 2.13 bits per heavy atom. The van der Waals surface area contributed by atoms with Gasteiger partial charge < -0.3 is 14.7 Å². The van der Waals surface area contributed by atoms with Crippen molar-refractivity contribution in [1.82, 2.24) is 14.9 Å². The molecule has 1 aliphatic heterocycles. The van der Waals surface area contributed by atoms with E-state index in [0.717, 1.165) is 50.6 Å². The molecule has 1 saturated heterocycles. The van der Waals surface area contributed by atoms with Crippen LogP contribution in [-0.2, 0) is 28.4 Å². The predicted molar refractivity (Wildman–Crippen MR) is 150 cm³/mol. The molecule has 2 heterocycles. The Balaban J connectivity index is 1.38. The fourth-order valence-corrected chi connectivity index (χ4v) is 6.57. The molecule has 0 spiro atoms. The number of carbonyl (C=O) groups excluding carboxylic acids is 1. The number of carboxylic acids is 1. The van der Waals surface area contributed by atoms with Crippen LogP contribution < -0.4 is 4.90 Å². The zero-order chi connectivity index (χ0) is 32.7. The standard InChI is InChI=1S/C31H36F6N4O4/c1-17-27(21-11-22(30(32,33)34)13-23(12-21)31(35,36)37)45-29(44)41(17)16-25-28(38-14-24(39-25)20-4-3-5-20)40(2)15-19-8-6-18(7-9-19)10-26(42)43/h11-14,17-20,27H,3-10,15-16H2,1-2H3,(H,42,43)/t17-,18?,19?,27?/m0/s1. The van der Waals surface area contributed by atoms with Crippen LogP contribution >= 0.6 is 0 Å². The van der Waals surface area contributed by atoms with Crippen molar-refractivity contribution in [2.75, 3.05) is 18.5 Å². The number of halogens is 6. The summed E-state index contributed by atoms with van der Waals surface area (Å²) in [6.45, 7) is 2.04. The fourth-order valence-electron chi connectivity index (χ4n) is 6.57. The summed E-state index contributed by atoms with van der Waals surface area (Å²) in [6, 6.07) is 0.327. The van der Waals surface area contributed by atoms with E-state index in [1.54, 1.807) is 6.20 Å². The van der Waals surface area contributed by atoms with Crippen LogP contribution in [0.3, 0.4) is 0 Å². The summed E-state index contributed by atoms with van der Waals surface area (Å²) < 4.78 is 86.6. The van der Waals surface area contributed by atoms with Crippen LogP contribution in [0.4, 0.5) is 37.0 Å². The van der Waals surface area contributed by atoms with E-state index in [1.807, 2.05) is 11.9 Å². The van der Waals surface area contributed by atoms with Crippen LogP contribution in [0, 0.1) is 11.8 Å². The summed E-state index contributed by atoms with van der Waals surface area (Å²) in [5.41, 5.74) is -2.12. The molecule has 1 aromatic carbocycles. The average Bonchev–Trinajstić information content (AvgIpc) is 3.20. The van der Waals surface area contributed by atoms with Crippen LogP contribution in [0.2, 0.25) is 0 Å². The molecule has 1 unspecified atom stereocenters. The molecule has 5 rings (SSSR count). The van der Waals surface area contributed by atoms with E-state index < -0.39 is 53.3 Å². The molecule has 45 heavy (non-hydrogen) atoms. The second-order valence-corrected chi connectivity index (χ2v) is 12.6. The first-order valence-corrected chi connectivity index (χ1v) is 15.2. The second kappa shape index (κ2) is 12.7. The predicted octanol–water partition coefficient (Wildman–Crippen LogP) is 7.58. The average molecular weight is 643 g/mol. The Labute approximate surface area is 256 Å². The number of carboxylic acid groups (broad SMARTS) is 1. The largest absolute Gasteiger partial charge is 0.481 e. The number of nitrogens with zero attached hydrogens (tertiary/aromatic N) is 4. The third-order valence-electron chi connectivity index (χ3n) is 9.34. The molecular formula is C31H36F6N4O4. The highest BCUT2D eigenvalue weighted by atomic mass is 19.4. The van der Waals surface area contributed by atoms with E-state index in [-0.39, 0.29) is 30.9 Å². The summed E-state index contributed by atoms with van der Waals surface area (Å²) in [6.07, 6.45) is -4.13. The lowest BCUT2D eigenvalue weighted by molar-refractivity contribution is -0.143. The number of carbonyl (C=O) groups is 2. The normalized spacial score (nSPS) is 24.4. The van der Waals surface area contributed by atoms with Crippen LogP contribution in [0.25, 0.3) is 0 Å². The highest BCUT2D eigenvalue weighted by molar-refractivity contribution is 5.71. The zero-order valence-electron chi connectivity index (χ0n) is 25.0. The van der Waals surface area contributed by atoms with Crippen LogP contribution in [-0.4, -0.2) is 51.7 Å². The van der Waals surface area contributed by atoms with Crippen molar-refractivity contribution in [3.05, 3.63) is 52.5 Å². The maximum absolute atomic E-state index is 13.5. The highest BCUT2D eigenvalue weighted by Gasteiger charge is 2.44. The van der Waals surface area contributed by atoms with E-state index in [1.165, 1.54) is 11.8 Å². The Morgan fingerprint density at radius 2 is 1.60 bits per heavy atom. The van der Waals surface area contributed by atoms with Gasteiger partial charge in [-0.1, -0.05) is 6.42 Å². The van der Waals surface area contributed by atoms with Gasteiger partial charge in [-0.3, -0.25) is 14.7 Å². The molecule has 246 valence electrons. The number of benzene rings is 1.